The number of hydrogen-bond acceptors (Lipinski definition) is 1. The zero-order valence-corrected chi connectivity index (χ0v) is 8.60. The molecule has 1 aliphatic rings. The fourth-order valence-electron chi connectivity index (χ4n) is 2.05. The average molecular weight is 178 g/mol. The van der Waals surface area contributed by atoms with Gasteiger partial charge in [0.25, 0.3) is 0 Å². The van der Waals surface area contributed by atoms with Crippen LogP contribution in [0.5, 0.6) is 0 Å². The maximum absolute atomic E-state index is 11.6. The van der Waals surface area contributed by atoms with Crippen molar-refractivity contribution in [2.24, 2.45) is 5.92 Å². The molecule has 13 heavy (non-hydrogen) atoms. The van der Waals surface area contributed by atoms with Crippen LogP contribution in [0.3, 0.4) is 0 Å². The second-order valence-electron chi connectivity index (χ2n) is 3.94. The van der Waals surface area contributed by atoms with Crippen molar-refractivity contribution in [3.8, 4) is 0 Å². The van der Waals surface area contributed by atoms with Crippen LogP contribution in [0.4, 0.5) is 0 Å². The number of carbonyl (C=O) groups is 1. The Hall–Kier alpha value is -0.850. The number of hydrogen-bond donors (Lipinski definition) is 0. The van der Waals surface area contributed by atoms with E-state index < -0.39 is 0 Å². The van der Waals surface area contributed by atoms with Crippen molar-refractivity contribution in [2.75, 3.05) is 0 Å². The first-order valence-corrected chi connectivity index (χ1v) is 5.02. The van der Waals surface area contributed by atoms with Gasteiger partial charge in [-0.05, 0) is 30.8 Å². The molecule has 0 N–H and O–H groups in total. The average Bonchev–Trinajstić information content (AvgIpc) is 2.04. The van der Waals surface area contributed by atoms with Crippen LogP contribution in [-0.4, -0.2) is 5.78 Å². The van der Waals surface area contributed by atoms with Crippen molar-refractivity contribution in [2.45, 2.75) is 39.5 Å². The summed E-state index contributed by atoms with van der Waals surface area (Å²) < 4.78 is 0. The van der Waals surface area contributed by atoms with E-state index >= 15 is 0 Å². The summed E-state index contributed by atoms with van der Waals surface area (Å²) in [6.45, 7) is 7.93. The van der Waals surface area contributed by atoms with E-state index in [1.165, 1.54) is 5.57 Å². The third-order valence-corrected chi connectivity index (χ3v) is 2.53. The van der Waals surface area contributed by atoms with Gasteiger partial charge in [0.15, 0.2) is 5.78 Å². The lowest BCUT2D eigenvalue weighted by Gasteiger charge is -2.21. The van der Waals surface area contributed by atoms with Gasteiger partial charge in [-0.25, -0.2) is 0 Å². The van der Waals surface area contributed by atoms with Crippen molar-refractivity contribution in [1.29, 1.82) is 0 Å². The molecule has 0 spiro atoms. The molecule has 0 atom stereocenters. The van der Waals surface area contributed by atoms with Gasteiger partial charge < -0.3 is 0 Å². The smallest absolute Gasteiger partial charge is 0.159 e. The van der Waals surface area contributed by atoms with Gasteiger partial charge in [0.1, 0.15) is 0 Å². The summed E-state index contributed by atoms with van der Waals surface area (Å²) >= 11 is 0. The first kappa shape index (κ1) is 10.2. The van der Waals surface area contributed by atoms with Crippen LogP contribution in [0.25, 0.3) is 0 Å². The molecular formula is C12H18O. The molecule has 0 unspecified atom stereocenters. The van der Waals surface area contributed by atoms with E-state index in [4.69, 9.17) is 0 Å². The van der Waals surface area contributed by atoms with Gasteiger partial charge in [0.2, 0.25) is 0 Å². The molecule has 0 aliphatic heterocycles. The minimum atomic E-state index is 0.359. The number of Topliss-reactive ketones (excluding diaryl/α,β-unsaturated/α-hetero) is 1. The molecule has 1 nitrogen and oxygen atoms in total. The van der Waals surface area contributed by atoms with Gasteiger partial charge in [-0.1, -0.05) is 25.5 Å². The molecule has 0 aromatic carbocycles. The molecule has 0 amide bonds. The van der Waals surface area contributed by atoms with Gasteiger partial charge in [-0.15, -0.1) is 6.58 Å². The second kappa shape index (κ2) is 4.40. The topological polar surface area (TPSA) is 17.1 Å². The molecule has 0 bridgehead atoms. The first-order valence-electron chi connectivity index (χ1n) is 5.02. The molecule has 0 radical (unpaired) electrons. The lowest BCUT2D eigenvalue weighted by molar-refractivity contribution is -0.116. The summed E-state index contributed by atoms with van der Waals surface area (Å²) in [7, 11) is 0. The first-order chi connectivity index (χ1) is 6.16. The van der Waals surface area contributed by atoms with E-state index in [2.05, 4.69) is 20.4 Å². The van der Waals surface area contributed by atoms with E-state index in [0.29, 0.717) is 11.7 Å². The molecule has 72 valence electrons. The Morgan fingerprint density at radius 3 is 2.69 bits per heavy atom. The van der Waals surface area contributed by atoms with Crippen molar-refractivity contribution >= 4 is 5.78 Å². The normalized spacial score (nSPS) is 18.2. The predicted octanol–water partition coefficient (Wildman–Crippen LogP) is 3.27. The molecule has 0 fully saturated rings. The lowest BCUT2D eigenvalue weighted by atomic mass is 9.83. The highest BCUT2D eigenvalue weighted by atomic mass is 16.1. The predicted molar refractivity (Wildman–Crippen MR) is 55.5 cm³/mol. The molecule has 0 heterocycles. The molecule has 0 aromatic rings. The quantitative estimate of drug-likeness (QED) is 0.606. The van der Waals surface area contributed by atoms with Crippen molar-refractivity contribution in [3.63, 3.8) is 0 Å². The summed E-state index contributed by atoms with van der Waals surface area (Å²) in [5.74, 6) is 0.737. The summed E-state index contributed by atoms with van der Waals surface area (Å²) in [4.78, 5) is 11.6. The van der Waals surface area contributed by atoms with E-state index in [9.17, 15) is 4.79 Å². The maximum atomic E-state index is 11.6. The third kappa shape index (κ3) is 2.30. The monoisotopic (exact) mass is 178 g/mol. The number of rotatable bonds is 3. The van der Waals surface area contributed by atoms with Crippen LogP contribution in [0.2, 0.25) is 0 Å². The summed E-state index contributed by atoms with van der Waals surface area (Å²) in [6.07, 6.45) is 5.65. The minimum absolute atomic E-state index is 0.359. The van der Waals surface area contributed by atoms with Gasteiger partial charge in [0, 0.05) is 6.42 Å². The van der Waals surface area contributed by atoms with Crippen LogP contribution in [0.15, 0.2) is 23.8 Å². The molecule has 0 saturated heterocycles. The van der Waals surface area contributed by atoms with Crippen LogP contribution in [0, 0.1) is 5.92 Å². The van der Waals surface area contributed by atoms with E-state index in [1.807, 2.05) is 6.08 Å². The van der Waals surface area contributed by atoms with Crippen LogP contribution >= 0.6 is 0 Å². The Morgan fingerprint density at radius 1 is 1.46 bits per heavy atom. The Morgan fingerprint density at radius 2 is 2.15 bits per heavy atom. The van der Waals surface area contributed by atoms with Gasteiger partial charge >= 0.3 is 0 Å². The highest BCUT2D eigenvalue weighted by Crippen LogP contribution is 2.29. The summed E-state index contributed by atoms with van der Waals surface area (Å²) in [5.41, 5.74) is 2.40. The largest absolute Gasteiger partial charge is 0.295 e. The molecule has 1 rings (SSSR count). The maximum Gasteiger partial charge on any atom is 0.159 e. The van der Waals surface area contributed by atoms with Crippen molar-refractivity contribution in [3.05, 3.63) is 23.8 Å². The van der Waals surface area contributed by atoms with Gasteiger partial charge in [0.05, 0.1) is 0 Å². The summed E-state index contributed by atoms with van der Waals surface area (Å²) in [6, 6.07) is 0. The standard InChI is InChI=1S/C12H18O/c1-4-6-10-7-5-8-11(13)12(10)9(2)3/h4,9H,1,5-8H2,2-3H3. The second-order valence-corrected chi connectivity index (χ2v) is 3.94. The van der Waals surface area contributed by atoms with Crippen LogP contribution in [0.1, 0.15) is 39.5 Å². The fraction of sp³-hybridized carbons (Fsp3) is 0.583. The number of allylic oxidation sites excluding steroid dienone is 3. The van der Waals surface area contributed by atoms with Crippen molar-refractivity contribution < 1.29 is 4.79 Å². The molecule has 1 aliphatic carbocycles. The highest BCUT2D eigenvalue weighted by molar-refractivity contribution is 5.97. The zero-order chi connectivity index (χ0) is 9.84. The molecule has 0 saturated carbocycles. The SMILES string of the molecule is C=CCC1=C(C(C)C)C(=O)CCC1. The molecular weight excluding hydrogens is 160 g/mol. The van der Waals surface area contributed by atoms with Crippen LogP contribution < -0.4 is 0 Å². The van der Waals surface area contributed by atoms with E-state index in [1.54, 1.807) is 0 Å². The molecule has 1 heteroatoms. The van der Waals surface area contributed by atoms with Gasteiger partial charge in [-0.2, -0.15) is 0 Å². The minimum Gasteiger partial charge on any atom is -0.295 e. The van der Waals surface area contributed by atoms with Gasteiger partial charge in [-0.3, -0.25) is 4.79 Å². The fourth-order valence-corrected chi connectivity index (χ4v) is 2.05. The van der Waals surface area contributed by atoms with Crippen LogP contribution in [-0.2, 0) is 4.79 Å². The van der Waals surface area contributed by atoms with E-state index in [0.717, 1.165) is 31.3 Å². The van der Waals surface area contributed by atoms with Crippen molar-refractivity contribution in [1.82, 2.24) is 0 Å². The summed E-state index contributed by atoms with van der Waals surface area (Å²) in [5, 5.41) is 0. The zero-order valence-electron chi connectivity index (χ0n) is 8.60. The molecule has 0 aromatic heterocycles. The number of ketones is 1. The Labute approximate surface area is 80.5 Å². The lowest BCUT2D eigenvalue weighted by Crippen LogP contribution is -2.15. The Bertz CT molecular complexity index is 246. The Kier molecular flexibility index (Phi) is 3.47. The highest BCUT2D eigenvalue weighted by Gasteiger charge is 2.21. The number of carbonyl (C=O) groups excluding carboxylic acids is 1. The third-order valence-electron chi connectivity index (χ3n) is 2.53. The van der Waals surface area contributed by atoms with E-state index in [-0.39, 0.29) is 0 Å². The Balaban J connectivity index is 2.96.